The van der Waals surface area contributed by atoms with Crippen molar-refractivity contribution >= 4 is 11.6 Å². The Morgan fingerprint density at radius 1 is 0.944 bits per heavy atom. The summed E-state index contributed by atoms with van der Waals surface area (Å²) in [5.74, 6) is -0.0708. The zero-order valence-electron chi connectivity index (χ0n) is 11.0. The third kappa shape index (κ3) is 1.76. The first-order valence-electron chi connectivity index (χ1n) is 6.26. The average molecular weight is 243 g/mol. The normalized spacial score (nSPS) is 14.8. The molecule has 94 valence electrons. The zero-order chi connectivity index (χ0) is 13.3. The Kier molecular flexibility index (Phi) is 3.32. The zero-order valence-corrected chi connectivity index (χ0v) is 11.0. The summed E-state index contributed by atoms with van der Waals surface area (Å²) in [7, 11) is 0. The van der Waals surface area contributed by atoms with Gasteiger partial charge in [0.25, 0.3) is 0 Å². The minimum Gasteiger partial charge on any atom is -0.369 e. The fourth-order valence-electron chi connectivity index (χ4n) is 2.41. The number of likely N-dealkylation sites (N-methyl/N-ethyl adjacent to an activating group) is 1. The molecule has 1 aliphatic carbocycles. The first-order chi connectivity index (χ1) is 8.61. The Morgan fingerprint density at radius 2 is 1.44 bits per heavy atom. The van der Waals surface area contributed by atoms with E-state index in [9.17, 15) is 9.59 Å². The van der Waals surface area contributed by atoms with E-state index >= 15 is 0 Å². The number of fused-ring (bicyclic) bond motifs is 1. The van der Waals surface area contributed by atoms with Gasteiger partial charge in [0.15, 0.2) is 5.78 Å². The van der Waals surface area contributed by atoms with E-state index in [1.807, 2.05) is 18.7 Å². The van der Waals surface area contributed by atoms with E-state index in [0.29, 0.717) is 22.4 Å². The molecule has 1 aliphatic rings. The number of carbonyl (C=O) groups excluding carboxylic acids is 2. The first kappa shape index (κ1) is 12.6. The second-order valence-corrected chi connectivity index (χ2v) is 4.35. The summed E-state index contributed by atoms with van der Waals surface area (Å²) in [5, 5.41) is 0. The first-order valence-corrected chi connectivity index (χ1v) is 6.26. The van der Waals surface area contributed by atoms with E-state index in [1.165, 1.54) is 0 Å². The van der Waals surface area contributed by atoms with Crippen molar-refractivity contribution in [3.63, 3.8) is 0 Å². The van der Waals surface area contributed by atoms with Gasteiger partial charge < -0.3 is 4.90 Å². The summed E-state index contributed by atoms with van der Waals surface area (Å²) in [4.78, 5) is 26.7. The predicted octanol–water partition coefficient (Wildman–Crippen LogP) is 2.68. The highest BCUT2D eigenvalue weighted by molar-refractivity contribution is 6.26. The van der Waals surface area contributed by atoms with Crippen molar-refractivity contribution in [2.75, 3.05) is 13.1 Å². The van der Waals surface area contributed by atoms with Crippen LogP contribution in [0.5, 0.6) is 0 Å². The molecule has 0 spiro atoms. The van der Waals surface area contributed by atoms with Crippen LogP contribution in [0.1, 0.15) is 41.5 Å². The number of benzene rings is 1. The lowest BCUT2D eigenvalue weighted by Crippen LogP contribution is -2.33. The maximum atomic E-state index is 12.5. The number of hydrogen-bond acceptors (Lipinski definition) is 3. The molecule has 0 aromatic heterocycles. The van der Waals surface area contributed by atoms with Crippen molar-refractivity contribution in [1.82, 2.24) is 4.90 Å². The Bertz CT molecular complexity index is 539. The van der Waals surface area contributed by atoms with Crippen LogP contribution >= 0.6 is 0 Å². The van der Waals surface area contributed by atoms with Crippen molar-refractivity contribution in [2.45, 2.75) is 20.8 Å². The van der Waals surface area contributed by atoms with E-state index in [1.54, 1.807) is 31.2 Å². The summed E-state index contributed by atoms with van der Waals surface area (Å²) < 4.78 is 0. The van der Waals surface area contributed by atoms with Gasteiger partial charge in [-0.1, -0.05) is 24.3 Å². The van der Waals surface area contributed by atoms with E-state index in [4.69, 9.17) is 0 Å². The minimum atomic E-state index is -0.0357. The largest absolute Gasteiger partial charge is 0.369 e. The summed E-state index contributed by atoms with van der Waals surface area (Å²) in [5.41, 5.74) is 2.16. The molecule has 18 heavy (non-hydrogen) atoms. The minimum absolute atomic E-state index is 0.0351. The number of carbonyl (C=O) groups is 2. The van der Waals surface area contributed by atoms with Crippen molar-refractivity contribution in [2.24, 2.45) is 0 Å². The Labute approximate surface area is 107 Å². The molecule has 0 bridgehead atoms. The van der Waals surface area contributed by atoms with Gasteiger partial charge in [-0.2, -0.15) is 0 Å². The number of allylic oxidation sites excluding steroid dienone is 2. The SMILES string of the molecule is CCN(CC)C1=C(C)C(=O)c2ccccc2C1=O. The van der Waals surface area contributed by atoms with Gasteiger partial charge in [0, 0.05) is 29.8 Å². The average Bonchev–Trinajstić information content (AvgIpc) is 2.41. The number of hydrogen-bond donors (Lipinski definition) is 0. The van der Waals surface area contributed by atoms with Crippen LogP contribution in [0.15, 0.2) is 35.5 Å². The molecule has 3 heteroatoms. The predicted molar refractivity (Wildman–Crippen MR) is 70.7 cm³/mol. The molecule has 0 fully saturated rings. The number of nitrogens with zero attached hydrogens (tertiary/aromatic N) is 1. The summed E-state index contributed by atoms with van der Waals surface area (Å²) in [6.45, 7) is 7.17. The molecule has 0 aliphatic heterocycles. The second kappa shape index (κ2) is 4.77. The Morgan fingerprint density at radius 3 is 1.94 bits per heavy atom. The van der Waals surface area contributed by atoms with Crippen molar-refractivity contribution in [3.05, 3.63) is 46.7 Å². The van der Waals surface area contributed by atoms with E-state index < -0.39 is 0 Å². The molecule has 1 aromatic carbocycles. The second-order valence-electron chi connectivity index (χ2n) is 4.35. The molecular formula is C15H17NO2. The standard InChI is InChI=1S/C15H17NO2/c1-4-16(5-2)13-10(3)14(17)11-8-6-7-9-12(11)15(13)18/h6-9H,4-5H2,1-3H3. The fraction of sp³-hybridized carbons (Fsp3) is 0.333. The molecule has 0 saturated heterocycles. The van der Waals surface area contributed by atoms with Gasteiger partial charge in [-0.05, 0) is 20.8 Å². The van der Waals surface area contributed by atoms with Crippen molar-refractivity contribution in [3.8, 4) is 0 Å². The Balaban J connectivity index is 2.60. The lowest BCUT2D eigenvalue weighted by atomic mass is 9.87. The molecule has 0 heterocycles. The number of Topliss-reactive ketones (excluding diaryl/α,β-unsaturated/α-hetero) is 2. The van der Waals surface area contributed by atoms with E-state index in [-0.39, 0.29) is 11.6 Å². The summed E-state index contributed by atoms with van der Waals surface area (Å²) in [6, 6.07) is 7.04. The highest BCUT2D eigenvalue weighted by Crippen LogP contribution is 2.27. The van der Waals surface area contributed by atoms with Crippen LogP contribution in [-0.2, 0) is 0 Å². The van der Waals surface area contributed by atoms with Crippen molar-refractivity contribution < 1.29 is 9.59 Å². The molecule has 0 N–H and O–H groups in total. The molecule has 2 rings (SSSR count). The molecule has 0 unspecified atom stereocenters. The molecule has 0 radical (unpaired) electrons. The molecule has 0 amide bonds. The molecule has 3 nitrogen and oxygen atoms in total. The van der Waals surface area contributed by atoms with Crippen LogP contribution in [0.25, 0.3) is 0 Å². The topological polar surface area (TPSA) is 37.4 Å². The number of ketones is 2. The molecular weight excluding hydrogens is 226 g/mol. The third-order valence-corrected chi connectivity index (χ3v) is 3.41. The smallest absolute Gasteiger partial charge is 0.210 e. The monoisotopic (exact) mass is 243 g/mol. The maximum absolute atomic E-state index is 12.5. The van der Waals surface area contributed by atoms with Crippen LogP contribution < -0.4 is 0 Å². The van der Waals surface area contributed by atoms with Crippen LogP contribution in [0.3, 0.4) is 0 Å². The van der Waals surface area contributed by atoms with Gasteiger partial charge in [-0.25, -0.2) is 0 Å². The van der Waals surface area contributed by atoms with Crippen LogP contribution in [-0.4, -0.2) is 29.6 Å². The summed E-state index contributed by atoms with van der Waals surface area (Å²) in [6.07, 6.45) is 0. The van der Waals surface area contributed by atoms with Gasteiger partial charge in [0.05, 0.1) is 5.70 Å². The lowest BCUT2D eigenvalue weighted by molar-refractivity contribution is 0.0943. The molecule has 1 aromatic rings. The van der Waals surface area contributed by atoms with Gasteiger partial charge in [-0.3, -0.25) is 9.59 Å². The third-order valence-electron chi connectivity index (χ3n) is 3.41. The van der Waals surface area contributed by atoms with Crippen LogP contribution in [0, 0.1) is 0 Å². The number of rotatable bonds is 3. The van der Waals surface area contributed by atoms with Gasteiger partial charge in [-0.15, -0.1) is 0 Å². The van der Waals surface area contributed by atoms with Gasteiger partial charge >= 0.3 is 0 Å². The lowest BCUT2D eigenvalue weighted by Gasteiger charge is -2.28. The highest BCUT2D eigenvalue weighted by atomic mass is 16.1. The van der Waals surface area contributed by atoms with Gasteiger partial charge in [0.1, 0.15) is 0 Å². The molecule has 0 atom stereocenters. The summed E-state index contributed by atoms with van der Waals surface area (Å²) >= 11 is 0. The van der Waals surface area contributed by atoms with E-state index in [2.05, 4.69) is 0 Å². The maximum Gasteiger partial charge on any atom is 0.210 e. The fourth-order valence-corrected chi connectivity index (χ4v) is 2.41. The Hall–Kier alpha value is -1.90. The van der Waals surface area contributed by atoms with Gasteiger partial charge in [0.2, 0.25) is 5.78 Å². The highest BCUT2D eigenvalue weighted by Gasteiger charge is 2.31. The van der Waals surface area contributed by atoms with Crippen molar-refractivity contribution in [1.29, 1.82) is 0 Å². The van der Waals surface area contributed by atoms with E-state index in [0.717, 1.165) is 13.1 Å². The van der Waals surface area contributed by atoms with Crippen LogP contribution in [0.2, 0.25) is 0 Å². The van der Waals surface area contributed by atoms with Crippen LogP contribution in [0.4, 0.5) is 0 Å². The molecule has 0 saturated carbocycles. The quantitative estimate of drug-likeness (QED) is 0.819.